The summed E-state index contributed by atoms with van der Waals surface area (Å²) in [6.07, 6.45) is 0. The first-order chi connectivity index (χ1) is 13.0. The molecule has 0 unspecified atom stereocenters. The Labute approximate surface area is 174 Å². The van der Waals surface area contributed by atoms with E-state index in [1.165, 1.54) is 0 Å². The zero-order valence-electron chi connectivity index (χ0n) is 13.8. The van der Waals surface area contributed by atoms with Crippen molar-refractivity contribution in [3.63, 3.8) is 0 Å². The summed E-state index contributed by atoms with van der Waals surface area (Å²) in [6.45, 7) is 0. The fourth-order valence-electron chi connectivity index (χ4n) is 2.46. The van der Waals surface area contributed by atoms with E-state index in [-0.39, 0.29) is 11.0 Å². The topological polar surface area (TPSA) is 70.2 Å². The Morgan fingerprint density at radius 2 is 1.52 bits per heavy atom. The smallest absolute Gasteiger partial charge is 0.269 e. The number of carbonyl (C=O) groups is 2. The van der Waals surface area contributed by atoms with E-state index in [0.29, 0.717) is 16.1 Å². The average Bonchev–Trinajstić information content (AvgIpc) is 2.66. The first-order valence-corrected chi connectivity index (χ1v) is 9.38. The molecular formula is C19H13BrClN3O2S. The lowest BCUT2D eigenvalue weighted by Crippen LogP contribution is -2.48. The van der Waals surface area contributed by atoms with E-state index in [1.807, 2.05) is 24.3 Å². The molecule has 0 atom stereocenters. The van der Waals surface area contributed by atoms with Crippen molar-refractivity contribution in [1.82, 2.24) is 16.2 Å². The lowest BCUT2D eigenvalue weighted by atomic mass is 10.0. The number of thiocarbonyl (C=S) groups is 1. The molecule has 3 aromatic carbocycles. The van der Waals surface area contributed by atoms with Crippen molar-refractivity contribution < 1.29 is 9.59 Å². The van der Waals surface area contributed by atoms with Gasteiger partial charge in [-0.25, -0.2) is 0 Å². The highest BCUT2D eigenvalue weighted by Crippen LogP contribution is 2.26. The van der Waals surface area contributed by atoms with Gasteiger partial charge in [-0.1, -0.05) is 51.8 Å². The molecule has 0 bridgehead atoms. The Kier molecular flexibility index (Phi) is 6.05. The van der Waals surface area contributed by atoms with E-state index in [4.69, 9.17) is 23.8 Å². The maximum atomic E-state index is 12.6. The Balaban J connectivity index is 1.64. The number of carbonyl (C=O) groups excluding carboxylic acids is 2. The van der Waals surface area contributed by atoms with E-state index >= 15 is 0 Å². The minimum atomic E-state index is -0.405. The summed E-state index contributed by atoms with van der Waals surface area (Å²) in [5.41, 5.74) is 5.82. The number of hydrazine groups is 1. The molecule has 0 radical (unpaired) electrons. The van der Waals surface area contributed by atoms with Crippen molar-refractivity contribution in [2.45, 2.75) is 0 Å². The molecule has 3 rings (SSSR count). The Morgan fingerprint density at radius 3 is 2.26 bits per heavy atom. The third kappa shape index (κ3) is 4.63. The largest absolute Gasteiger partial charge is 0.298 e. The van der Waals surface area contributed by atoms with E-state index in [2.05, 4.69) is 32.1 Å². The van der Waals surface area contributed by atoms with Crippen molar-refractivity contribution in [2.24, 2.45) is 0 Å². The molecule has 0 heterocycles. The molecule has 0 fully saturated rings. The molecule has 0 spiro atoms. The van der Waals surface area contributed by atoms with Crippen LogP contribution in [0.3, 0.4) is 0 Å². The average molecular weight is 463 g/mol. The Bertz CT molecular complexity index is 1040. The summed E-state index contributed by atoms with van der Waals surface area (Å²) in [5, 5.41) is 4.77. The van der Waals surface area contributed by atoms with Gasteiger partial charge in [0.25, 0.3) is 11.8 Å². The zero-order chi connectivity index (χ0) is 19.4. The second kappa shape index (κ2) is 8.47. The maximum absolute atomic E-state index is 12.6. The van der Waals surface area contributed by atoms with Gasteiger partial charge in [0.2, 0.25) is 0 Å². The SMILES string of the molecule is O=C(NNC(=S)NC(=O)c1cccc2c(Br)cccc12)c1ccc(Cl)cc1. The van der Waals surface area contributed by atoms with Gasteiger partial charge in [0.05, 0.1) is 0 Å². The molecule has 0 saturated carbocycles. The van der Waals surface area contributed by atoms with Gasteiger partial charge in [0.15, 0.2) is 5.11 Å². The van der Waals surface area contributed by atoms with Crippen LogP contribution in [-0.4, -0.2) is 16.9 Å². The normalized spacial score (nSPS) is 10.3. The molecule has 0 aromatic heterocycles. The lowest BCUT2D eigenvalue weighted by Gasteiger charge is -2.12. The van der Waals surface area contributed by atoms with Crippen LogP contribution in [-0.2, 0) is 0 Å². The van der Waals surface area contributed by atoms with Crippen molar-refractivity contribution in [1.29, 1.82) is 0 Å². The van der Waals surface area contributed by atoms with Crippen LogP contribution in [0.4, 0.5) is 0 Å². The van der Waals surface area contributed by atoms with Crippen LogP contribution in [0.5, 0.6) is 0 Å². The molecule has 8 heteroatoms. The van der Waals surface area contributed by atoms with Gasteiger partial charge in [0, 0.05) is 20.6 Å². The summed E-state index contributed by atoms with van der Waals surface area (Å²) in [5.74, 6) is -0.783. The fourth-order valence-corrected chi connectivity index (χ4v) is 3.23. The van der Waals surface area contributed by atoms with Crippen molar-refractivity contribution >= 4 is 67.4 Å². The highest BCUT2D eigenvalue weighted by Gasteiger charge is 2.13. The lowest BCUT2D eigenvalue weighted by molar-refractivity contribution is 0.0935. The molecule has 0 aliphatic carbocycles. The molecule has 136 valence electrons. The first-order valence-electron chi connectivity index (χ1n) is 7.80. The predicted molar refractivity (Wildman–Crippen MR) is 114 cm³/mol. The number of hydrogen-bond acceptors (Lipinski definition) is 3. The summed E-state index contributed by atoms with van der Waals surface area (Å²) >= 11 is 14.3. The second-order valence-electron chi connectivity index (χ2n) is 5.51. The first kappa shape index (κ1) is 19.3. The van der Waals surface area contributed by atoms with Crippen LogP contribution in [0.15, 0.2) is 65.1 Å². The standard InChI is InChI=1S/C19H13BrClN3O2S/c20-16-6-2-3-13-14(16)4-1-5-15(13)18(26)22-19(27)24-23-17(25)11-7-9-12(21)10-8-11/h1-10H,(H,23,25)(H2,22,24,26,27). The summed E-state index contributed by atoms with van der Waals surface area (Å²) in [7, 11) is 0. The summed E-state index contributed by atoms with van der Waals surface area (Å²) in [6, 6.07) is 17.4. The van der Waals surface area contributed by atoms with Crippen molar-refractivity contribution in [2.75, 3.05) is 0 Å². The number of halogens is 2. The van der Waals surface area contributed by atoms with Crippen LogP contribution in [0.2, 0.25) is 5.02 Å². The third-order valence-corrected chi connectivity index (χ3v) is 4.88. The minimum Gasteiger partial charge on any atom is -0.298 e. The quantitative estimate of drug-likeness (QED) is 0.394. The highest BCUT2D eigenvalue weighted by molar-refractivity contribution is 9.10. The maximum Gasteiger partial charge on any atom is 0.269 e. The number of rotatable bonds is 2. The van der Waals surface area contributed by atoms with Gasteiger partial charge < -0.3 is 0 Å². The summed E-state index contributed by atoms with van der Waals surface area (Å²) in [4.78, 5) is 24.6. The molecule has 27 heavy (non-hydrogen) atoms. The second-order valence-corrected chi connectivity index (χ2v) is 7.21. The van der Waals surface area contributed by atoms with Crippen molar-refractivity contribution in [3.8, 4) is 0 Å². The zero-order valence-corrected chi connectivity index (χ0v) is 16.9. The van der Waals surface area contributed by atoms with Crippen molar-refractivity contribution in [3.05, 3.63) is 81.3 Å². The molecule has 0 saturated heterocycles. The molecule has 0 aliphatic rings. The van der Waals surface area contributed by atoms with Gasteiger partial charge in [-0.3, -0.25) is 25.8 Å². The van der Waals surface area contributed by atoms with Gasteiger partial charge in [-0.15, -0.1) is 0 Å². The van der Waals surface area contributed by atoms with Crippen LogP contribution in [0.25, 0.3) is 10.8 Å². The Hall–Kier alpha value is -2.48. The van der Waals surface area contributed by atoms with E-state index in [0.717, 1.165) is 15.2 Å². The van der Waals surface area contributed by atoms with Crippen LogP contribution < -0.4 is 16.2 Å². The van der Waals surface area contributed by atoms with E-state index < -0.39 is 5.91 Å². The fraction of sp³-hybridized carbons (Fsp3) is 0. The number of nitrogens with one attached hydrogen (secondary N) is 3. The highest BCUT2D eigenvalue weighted by atomic mass is 79.9. The molecule has 3 N–H and O–H groups in total. The van der Waals surface area contributed by atoms with Gasteiger partial charge >= 0.3 is 0 Å². The number of hydrogen-bond donors (Lipinski definition) is 3. The molecule has 2 amide bonds. The number of benzene rings is 3. The van der Waals surface area contributed by atoms with Gasteiger partial charge in [0.1, 0.15) is 0 Å². The number of amides is 2. The predicted octanol–water partition coefficient (Wildman–Crippen LogP) is 4.21. The van der Waals surface area contributed by atoms with E-state index in [1.54, 1.807) is 36.4 Å². The van der Waals surface area contributed by atoms with Gasteiger partial charge in [-0.05, 0) is 59.4 Å². The monoisotopic (exact) mass is 461 g/mol. The van der Waals surface area contributed by atoms with Gasteiger partial charge in [-0.2, -0.15) is 0 Å². The summed E-state index contributed by atoms with van der Waals surface area (Å²) < 4.78 is 0.894. The molecular weight excluding hydrogens is 450 g/mol. The Morgan fingerprint density at radius 1 is 0.852 bits per heavy atom. The molecule has 5 nitrogen and oxygen atoms in total. The van der Waals surface area contributed by atoms with Crippen LogP contribution in [0, 0.1) is 0 Å². The number of fused-ring (bicyclic) bond motifs is 1. The van der Waals surface area contributed by atoms with Crippen LogP contribution >= 0.6 is 39.7 Å². The molecule has 3 aromatic rings. The molecule has 0 aliphatic heterocycles. The minimum absolute atomic E-state index is 0.0192. The third-order valence-electron chi connectivity index (χ3n) is 3.74. The van der Waals surface area contributed by atoms with E-state index in [9.17, 15) is 9.59 Å². The van der Waals surface area contributed by atoms with Crippen LogP contribution in [0.1, 0.15) is 20.7 Å².